The van der Waals surface area contributed by atoms with Gasteiger partial charge in [0, 0.05) is 44.9 Å². The topological polar surface area (TPSA) is 26.7 Å². The van der Waals surface area contributed by atoms with Crippen molar-refractivity contribution in [2.75, 3.05) is 26.2 Å². The fourth-order valence-electron chi connectivity index (χ4n) is 4.87. The van der Waals surface area contributed by atoms with Crippen LogP contribution in [-0.2, 0) is 6.54 Å². The Labute approximate surface area is 151 Å². The summed E-state index contributed by atoms with van der Waals surface area (Å²) in [5.74, 6) is 0. The van der Waals surface area contributed by atoms with Crippen LogP contribution in [0.2, 0.25) is 0 Å². The molecule has 0 radical (unpaired) electrons. The van der Waals surface area contributed by atoms with Crippen molar-refractivity contribution in [3.8, 4) is 0 Å². The van der Waals surface area contributed by atoms with E-state index in [2.05, 4.69) is 52.3 Å². The Balaban J connectivity index is 1.48. The second-order valence-corrected chi connectivity index (χ2v) is 7.72. The highest BCUT2D eigenvalue weighted by molar-refractivity contribution is 5.85. The van der Waals surface area contributed by atoms with Gasteiger partial charge in [0.25, 0.3) is 0 Å². The van der Waals surface area contributed by atoms with Crippen molar-refractivity contribution >= 4 is 10.8 Å². The average Bonchev–Trinajstić information content (AvgIpc) is 3.17. The number of hydrogen-bond donors (Lipinski definition) is 1. The monoisotopic (exact) mass is 338 g/mol. The molecule has 2 aromatic rings. The van der Waals surface area contributed by atoms with Crippen LogP contribution in [0.25, 0.3) is 10.8 Å². The third-order valence-corrected chi connectivity index (χ3v) is 6.14. The van der Waals surface area contributed by atoms with Gasteiger partial charge in [0.2, 0.25) is 0 Å². The van der Waals surface area contributed by atoms with Crippen LogP contribution >= 0.6 is 0 Å². The molecule has 2 fully saturated rings. The number of benzene rings is 2. The molecule has 1 heterocycles. The van der Waals surface area contributed by atoms with Crippen molar-refractivity contribution < 1.29 is 5.11 Å². The van der Waals surface area contributed by atoms with Gasteiger partial charge < -0.3 is 5.11 Å². The van der Waals surface area contributed by atoms with Gasteiger partial charge in [0.15, 0.2) is 0 Å². The zero-order valence-corrected chi connectivity index (χ0v) is 15.1. The standard InChI is InChI=1S/C22H30N2O/c25-15-12-21-17-23(13-14-24(21)20-9-2-3-10-20)16-19-8-5-7-18-6-1-4-11-22(18)19/h1,4-8,11,20-21,25H,2-3,9-10,12-17H2/t21-/m1/s1. The summed E-state index contributed by atoms with van der Waals surface area (Å²) in [5, 5.41) is 12.3. The molecule has 1 aliphatic carbocycles. The molecule has 1 atom stereocenters. The number of aliphatic hydroxyl groups is 1. The Hall–Kier alpha value is -1.42. The van der Waals surface area contributed by atoms with E-state index in [4.69, 9.17) is 0 Å². The lowest BCUT2D eigenvalue weighted by Crippen LogP contribution is -2.56. The smallest absolute Gasteiger partial charge is 0.0446 e. The van der Waals surface area contributed by atoms with E-state index in [-0.39, 0.29) is 0 Å². The molecule has 1 aliphatic heterocycles. The first-order valence-electron chi connectivity index (χ1n) is 9.91. The molecular weight excluding hydrogens is 308 g/mol. The largest absolute Gasteiger partial charge is 0.396 e. The second kappa shape index (κ2) is 7.86. The van der Waals surface area contributed by atoms with E-state index in [1.807, 2.05) is 0 Å². The maximum absolute atomic E-state index is 9.55. The number of hydrogen-bond acceptors (Lipinski definition) is 3. The van der Waals surface area contributed by atoms with Gasteiger partial charge in [-0.2, -0.15) is 0 Å². The summed E-state index contributed by atoms with van der Waals surface area (Å²) >= 11 is 0. The van der Waals surface area contributed by atoms with Crippen LogP contribution < -0.4 is 0 Å². The zero-order valence-electron chi connectivity index (χ0n) is 15.1. The first kappa shape index (κ1) is 17.0. The molecule has 134 valence electrons. The Morgan fingerprint density at radius 2 is 1.76 bits per heavy atom. The van der Waals surface area contributed by atoms with E-state index < -0.39 is 0 Å². The minimum absolute atomic E-state index is 0.302. The van der Waals surface area contributed by atoms with Crippen molar-refractivity contribution in [2.24, 2.45) is 0 Å². The lowest BCUT2D eigenvalue weighted by atomic mass is 10.0. The van der Waals surface area contributed by atoms with Crippen LogP contribution in [0.15, 0.2) is 42.5 Å². The lowest BCUT2D eigenvalue weighted by Gasteiger charge is -2.44. The van der Waals surface area contributed by atoms with Crippen LogP contribution in [0.5, 0.6) is 0 Å². The number of nitrogens with zero attached hydrogens (tertiary/aromatic N) is 2. The van der Waals surface area contributed by atoms with Crippen LogP contribution in [0.4, 0.5) is 0 Å². The molecule has 0 spiro atoms. The number of fused-ring (bicyclic) bond motifs is 1. The van der Waals surface area contributed by atoms with Gasteiger partial charge in [-0.05, 0) is 35.6 Å². The quantitative estimate of drug-likeness (QED) is 0.901. The van der Waals surface area contributed by atoms with Gasteiger partial charge in [-0.25, -0.2) is 0 Å². The highest BCUT2D eigenvalue weighted by atomic mass is 16.3. The minimum atomic E-state index is 0.302. The van der Waals surface area contributed by atoms with Crippen molar-refractivity contribution in [3.63, 3.8) is 0 Å². The molecule has 2 aliphatic rings. The predicted molar refractivity (Wildman–Crippen MR) is 104 cm³/mol. The van der Waals surface area contributed by atoms with Gasteiger partial charge in [0.1, 0.15) is 0 Å². The first-order valence-corrected chi connectivity index (χ1v) is 9.91. The lowest BCUT2D eigenvalue weighted by molar-refractivity contribution is 0.0269. The summed E-state index contributed by atoms with van der Waals surface area (Å²) in [6.45, 7) is 4.69. The number of aliphatic hydroxyl groups excluding tert-OH is 1. The fourth-order valence-corrected chi connectivity index (χ4v) is 4.87. The maximum atomic E-state index is 9.55. The predicted octanol–water partition coefficient (Wildman–Crippen LogP) is 3.65. The Morgan fingerprint density at radius 1 is 0.960 bits per heavy atom. The molecule has 3 nitrogen and oxygen atoms in total. The molecule has 0 aromatic heterocycles. The molecule has 1 saturated carbocycles. The van der Waals surface area contributed by atoms with Crippen LogP contribution in [-0.4, -0.2) is 53.2 Å². The number of rotatable bonds is 5. The van der Waals surface area contributed by atoms with Crippen molar-refractivity contribution in [2.45, 2.75) is 50.7 Å². The SMILES string of the molecule is OCC[C@@H]1CN(Cc2cccc3ccccc23)CCN1C1CCCC1. The van der Waals surface area contributed by atoms with Crippen LogP contribution in [0.3, 0.4) is 0 Å². The Kier molecular flexibility index (Phi) is 5.35. The summed E-state index contributed by atoms with van der Waals surface area (Å²) in [7, 11) is 0. The van der Waals surface area contributed by atoms with E-state index >= 15 is 0 Å². The first-order chi connectivity index (χ1) is 12.3. The third-order valence-electron chi connectivity index (χ3n) is 6.14. The maximum Gasteiger partial charge on any atom is 0.0446 e. The van der Waals surface area contributed by atoms with E-state index in [0.717, 1.165) is 38.6 Å². The van der Waals surface area contributed by atoms with E-state index in [1.54, 1.807) is 0 Å². The van der Waals surface area contributed by atoms with Crippen molar-refractivity contribution in [3.05, 3.63) is 48.0 Å². The number of piperazine rings is 1. The third kappa shape index (κ3) is 3.74. The molecule has 0 amide bonds. The second-order valence-electron chi connectivity index (χ2n) is 7.72. The molecule has 1 N–H and O–H groups in total. The van der Waals surface area contributed by atoms with E-state index in [1.165, 1.54) is 42.0 Å². The summed E-state index contributed by atoms with van der Waals surface area (Å²) in [6, 6.07) is 16.6. The molecule has 0 unspecified atom stereocenters. The normalized spacial score (nSPS) is 23.5. The van der Waals surface area contributed by atoms with Crippen LogP contribution in [0, 0.1) is 0 Å². The molecule has 1 saturated heterocycles. The molecule has 4 rings (SSSR count). The van der Waals surface area contributed by atoms with Gasteiger partial charge in [-0.15, -0.1) is 0 Å². The average molecular weight is 338 g/mol. The molecule has 25 heavy (non-hydrogen) atoms. The Morgan fingerprint density at radius 3 is 2.60 bits per heavy atom. The van der Waals surface area contributed by atoms with E-state index in [0.29, 0.717) is 12.6 Å². The summed E-state index contributed by atoms with van der Waals surface area (Å²) in [5.41, 5.74) is 1.43. The molecule has 2 aromatic carbocycles. The van der Waals surface area contributed by atoms with Crippen molar-refractivity contribution in [1.29, 1.82) is 0 Å². The summed E-state index contributed by atoms with van der Waals surface area (Å²) in [4.78, 5) is 5.30. The van der Waals surface area contributed by atoms with Gasteiger partial charge in [-0.1, -0.05) is 55.3 Å². The molecular formula is C22H30N2O. The van der Waals surface area contributed by atoms with Gasteiger partial charge >= 0.3 is 0 Å². The molecule has 0 bridgehead atoms. The van der Waals surface area contributed by atoms with Gasteiger partial charge in [0.05, 0.1) is 0 Å². The highest BCUT2D eigenvalue weighted by Gasteiger charge is 2.32. The minimum Gasteiger partial charge on any atom is -0.396 e. The Bertz CT molecular complexity index is 690. The van der Waals surface area contributed by atoms with Crippen LogP contribution in [0.1, 0.15) is 37.7 Å². The fraction of sp³-hybridized carbons (Fsp3) is 0.545. The summed E-state index contributed by atoms with van der Waals surface area (Å²) < 4.78 is 0. The van der Waals surface area contributed by atoms with Gasteiger partial charge in [-0.3, -0.25) is 9.80 Å². The van der Waals surface area contributed by atoms with Crippen molar-refractivity contribution in [1.82, 2.24) is 9.80 Å². The van der Waals surface area contributed by atoms with E-state index in [9.17, 15) is 5.11 Å². The zero-order chi connectivity index (χ0) is 17.1. The highest BCUT2D eigenvalue weighted by Crippen LogP contribution is 2.29. The summed E-state index contributed by atoms with van der Waals surface area (Å²) in [6.07, 6.45) is 6.37. The molecule has 3 heteroatoms.